The van der Waals surface area contributed by atoms with Crippen LogP contribution in [0.15, 0.2) is 24.3 Å². The van der Waals surface area contributed by atoms with Gasteiger partial charge in [-0.1, -0.05) is 18.2 Å². The predicted molar refractivity (Wildman–Crippen MR) is 115 cm³/mol. The number of carbonyl (C=O) groups excluding carboxylic acids is 1. The van der Waals surface area contributed by atoms with Crippen LogP contribution >= 0.6 is 0 Å². The third kappa shape index (κ3) is 3.59. The van der Waals surface area contributed by atoms with E-state index in [4.69, 9.17) is 9.47 Å². The number of piperidine rings is 1. The standard InChI is InChI=1S/C24H34N2O3/c1-16-18(10-12-28-3)13-17-14-24(2,23(27)29-4)22-20(9-11-26(16)15-17)19-7-5-6-8-21(19)25-22/h5-8,16-18,25H,9-15H2,1-4H3/t16?,17?,18?,24-/m1/s1. The molecular weight excluding hydrogens is 364 g/mol. The van der Waals surface area contributed by atoms with Gasteiger partial charge in [0.15, 0.2) is 0 Å². The summed E-state index contributed by atoms with van der Waals surface area (Å²) in [5.41, 5.74) is 2.79. The first kappa shape index (κ1) is 20.4. The SMILES string of the molecule is COCCC1CC2CN(CCc3c([nH]c4ccccc34)[C@](C)(C(=O)OC)C2)C1C. The Morgan fingerprint density at radius 2 is 2.10 bits per heavy atom. The minimum atomic E-state index is -0.657. The van der Waals surface area contributed by atoms with E-state index in [9.17, 15) is 4.79 Å². The molecule has 2 aliphatic rings. The number of esters is 1. The Morgan fingerprint density at radius 3 is 2.86 bits per heavy atom. The van der Waals surface area contributed by atoms with Crippen LogP contribution in [0.25, 0.3) is 10.9 Å². The Labute approximate surface area is 173 Å². The highest BCUT2D eigenvalue weighted by Crippen LogP contribution is 2.43. The van der Waals surface area contributed by atoms with E-state index in [0.717, 1.165) is 56.6 Å². The molecule has 1 fully saturated rings. The minimum absolute atomic E-state index is 0.134. The van der Waals surface area contributed by atoms with Crippen LogP contribution in [0.4, 0.5) is 0 Å². The molecule has 1 aromatic carbocycles. The average molecular weight is 399 g/mol. The number of H-pyrrole nitrogens is 1. The van der Waals surface area contributed by atoms with Gasteiger partial charge >= 0.3 is 5.97 Å². The maximum absolute atomic E-state index is 13.1. The molecule has 0 radical (unpaired) electrons. The number of ether oxygens (including phenoxy) is 2. The number of hydrogen-bond acceptors (Lipinski definition) is 4. The van der Waals surface area contributed by atoms with Crippen molar-refractivity contribution < 1.29 is 14.3 Å². The van der Waals surface area contributed by atoms with Gasteiger partial charge < -0.3 is 14.5 Å². The van der Waals surface area contributed by atoms with E-state index in [0.29, 0.717) is 17.9 Å². The van der Waals surface area contributed by atoms with Crippen molar-refractivity contribution in [3.8, 4) is 0 Å². The number of carbonyl (C=O) groups is 1. The van der Waals surface area contributed by atoms with E-state index in [1.54, 1.807) is 7.11 Å². The van der Waals surface area contributed by atoms with Crippen molar-refractivity contribution in [2.75, 3.05) is 33.9 Å². The van der Waals surface area contributed by atoms with Crippen molar-refractivity contribution >= 4 is 16.9 Å². The fourth-order valence-corrected chi connectivity index (χ4v) is 5.84. The van der Waals surface area contributed by atoms with E-state index in [1.165, 1.54) is 18.1 Å². The number of aromatic amines is 1. The molecule has 29 heavy (non-hydrogen) atoms. The van der Waals surface area contributed by atoms with Gasteiger partial charge in [0.2, 0.25) is 0 Å². The lowest BCUT2D eigenvalue weighted by atomic mass is 9.72. The lowest BCUT2D eigenvalue weighted by molar-refractivity contribution is -0.148. The van der Waals surface area contributed by atoms with Crippen molar-refractivity contribution in [1.82, 2.24) is 9.88 Å². The summed E-state index contributed by atoms with van der Waals surface area (Å²) in [5.74, 6) is 0.934. The Kier molecular flexibility index (Phi) is 5.71. The normalized spacial score (nSPS) is 32.1. The Hall–Kier alpha value is -1.85. The quantitative estimate of drug-likeness (QED) is 0.794. The first-order valence-electron chi connectivity index (χ1n) is 10.9. The molecule has 0 amide bonds. The summed E-state index contributed by atoms with van der Waals surface area (Å²) in [6, 6.07) is 8.95. The highest BCUT2D eigenvalue weighted by atomic mass is 16.5. The van der Waals surface area contributed by atoms with Crippen molar-refractivity contribution in [3.63, 3.8) is 0 Å². The smallest absolute Gasteiger partial charge is 0.317 e. The minimum Gasteiger partial charge on any atom is -0.468 e. The number of benzene rings is 1. The second-order valence-corrected chi connectivity index (χ2v) is 9.18. The van der Waals surface area contributed by atoms with Gasteiger partial charge in [0.05, 0.1) is 7.11 Å². The molecule has 5 nitrogen and oxygen atoms in total. The number of rotatable bonds is 4. The fourth-order valence-electron chi connectivity index (χ4n) is 5.84. The van der Waals surface area contributed by atoms with Crippen molar-refractivity contribution in [2.45, 2.75) is 51.0 Å². The van der Waals surface area contributed by atoms with Crippen LogP contribution < -0.4 is 0 Å². The van der Waals surface area contributed by atoms with Crippen LogP contribution in [0.2, 0.25) is 0 Å². The highest BCUT2D eigenvalue weighted by Gasteiger charge is 2.45. The molecule has 5 atom stereocenters. The molecule has 2 aliphatic heterocycles. The number of fused-ring (bicyclic) bond motifs is 5. The van der Waals surface area contributed by atoms with Gasteiger partial charge in [0.1, 0.15) is 5.41 Å². The summed E-state index contributed by atoms with van der Waals surface area (Å²) in [6.45, 7) is 7.31. The molecule has 3 heterocycles. The van der Waals surface area contributed by atoms with Gasteiger partial charge in [-0.05, 0) is 63.0 Å². The summed E-state index contributed by atoms with van der Waals surface area (Å²) in [6.07, 6.45) is 3.98. The third-order valence-corrected chi connectivity index (χ3v) is 7.43. The maximum Gasteiger partial charge on any atom is 0.317 e. The maximum atomic E-state index is 13.1. The van der Waals surface area contributed by atoms with Gasteiger partial charge in [0, 0.05) is 49.4 Å². The zero-order chi connectivity index (χ0) is 20.6. The molecule has 4 rings (SSSR count). The van der Waals surface area contributed by atoms with Crippen LogP contribution in [0.1, 0.15) is 44.4 Å². The predicted octanol–water partition coefficient (Wildman–Crippen LogP) is 3.91. The van der Waals surface area contributed by atoms with E-state index in [1.807, 2.05) is 0 Å². The van der Waals surface area contributed by atoms with Crippen LogP contribution in [0.5, 0.6) is 0 Å². The molecule has 0 aliphatic carbocycles. The van der Waals surface area contributed by atoms with Gasteiger partial charge in [-0.3, -0.25) is 9.69 Å². The summed E-state index contributed by atoms with van der Waals surface area (Å²) in [4.78, 5) is 19.4. The van der Waals surface area contributed by atoms with E-state index in [2.05, 4.69) is 48.0 Å². The summed E-state index contributed by atoms with van der Waals surface area (Å²) in [7, 11) is 3.29. The number of methoxy groups -OCH3 is 2. The molecule has 2 aromatic rings. The lowest BCUT2D eigenvalue weighted by Gasteiger charge is -2.44. The molecule has 5 heteroatoms. The van der Waals surface area contributed by atoms with Crippen LogP contribution in [0.3, 0.4) is 0 Å². The number of nitrogens with one attached hydrogen (secondary N) is 1. The Bertz CT molecular complexity index is 876. The monoisotopic (exact) mass is 398 g/mol. The first-order chi connectivity index (χ1) is 14.0. The van der Waals surface area contributed by atoms with E-state index in [-0.39, 0.29) is 5.97 Å². The second-order valence-electron chi connectivity index (χ2n) is 9.18. The molecule has 0 saturated carbocycles. The zero-order valence-electron chi connectivity index (χ0n) is 18.2. The average Bonchev–Trinajstić information content (AvgIpc) is 3.12. The molecular formula is C24H34N2O3. The van der Waals surface area contributed by atoms with Gasteiger partial charge in [0.25, 0.3) is 0 Å². The van der Waals surface area contributed by atoms with Crippen LogP contribution in [-0.2, 0) is 26.1 Å². The summed E-state index contributed by atoms with van der Waals surface area (Å²) >= 11 is 0. The summed E-state index contributed by atoms with van der Waals surface area (Å²) in [5, 5.41) is 1.24. The van der Waals surface area contributed by atoms with Crippen LogP contribution in [-0.4, -0.2) is 55.8 Å². The van der Waals surface area contributed by atoms with Crippen molar-refractivity contribution in [3.05, 3.63) is 35.5 Å². The fraction of sp³-hybridized carbons (Fsp3) is 0.625. The van der Waals surface area contributed by atoms with Crippen LogP contribution in [0, 0.1) is 11.8 Å². The van der Waals surface area contributed by atoms with Gasteiger partial charge in [-0.25, -0.2) is 0 Å². The largest absolute Gasteiger partial charge is 0.468 e. The molecule has 1 N–H and O–H groups in total. The molecule has 0 spiro atoms. The Balaban J connectivity index is 1.78. The molecule has 4 unspecified atom stereocenters. The van der Waals surface area contributed by atoms with Gasteiger partial charge in [-0.2, -0.15) is 0 Å². The second kappa shape index (κ2) is 8.11. The van der Waals surface area contributed by atoms with Crippen molar-refractivity contribution in [2.24, 2.45) is 11.8 Å². The summed E-state index contributed by atoms with van der Waals surface area (Å²) < 4.78 is 10.7. The van der Waals surface area contributed by atoms with E-state index >= 15 is 0 Å². The number of aromatic nitrogens is 1. The molecule has 158 valence electrons. The topological polar surface area (TPSA) is 54.6 Å². The first-order valence-corrected chi connectivity index (χ1v) is 10.9. The highest BCUT2D eigenvalue weighted by molar-refractivity contribution is 5.90. The molecule has 1 aromatic heterocycles. The van der Waals surface area contributed by atoms with E-state index < -0.39 is 5.41 Å². The zero-order valence-corrected chi connectivity index (χ0v) is 18.2. The Morgan fingerprint density at radius 1 is 1.31 bits per heavy atom. The molecule has 2 bridgehead atoms. The lowest BCUT2D eigenvalue weighted by Crippen LogP contribution is -2.49. The van der Waals surface area contributed by atoms with Crippen molar-refractivity contribution in [1.29, 1.82) is 0 Å². The number of nitrogens with zero attached hydrogens (tertiary/aromatic N) is 1. The third-order valence-electron chi connectivity index (χ3n) is 7.43. The van der Waals surface area contributed by atoms with Gasteiger partial charge in [-0.15, -0.1) is 0 Å². The number of para-hydroxylation sites is 1. The molecule has 1 saturated heterocycles. The number of hydrogen-bond donors (Lipinski definition) is 1.